The number of benzene rings is 2. The zero-order valence-electron chi connectivity index (χ0n) is 24.4. The number of nitrogens with zero attached hydrogens (tertiary/aromatic N) is 5. The maximum absolute atomic E-state index is 13.9. The average Bonchev–Trinajstić information content (AvgIpc) is 3.68. The Morgan fingerprint density at radius 1 is 1.04 bits per heavy atom. The van der Waals surface area contributed by atoms with Crippen LogP contribution < -0.4 is 21.6 Å². The Balaban J connectivity index is 1.62. The Labute approximate surface area is 255 Å². The molecule has 4 N–H and O–H groups in total. The van der Waals surface area contributed by atoms with Gasteiger partial charge in [0, 0.05) is 30.0 Å². The molecule has 1 aliphatic heterocycles. The summed E-state index contributed by atoms with van der Waals surface area (Å²) in [6.07, 6.45) is -3.83. The zero-order chi connectivity index (χ0) is 32.7. The standard InChI is InChI=1S/C31H28F5N9/c1-17-18(11-37)5-4-6-22(17)27(24-15-45(44-43-24)30(7-8-30)28(32)33)42-21-9-19(12-38)25-23(10-21)26(20(13-39)14-40-25)41-16-29(2,3)31(34,35)36/h4-6,9-10,14-15,27-28,42-44H,7-8,16H2,1-3H3,(H,40,41)/t27-/m0/s1. The van der Waals surface area contributed by atoms with Crippen LogP contribution in [-0.4, -0.2) is 34.7 Å². The minimum absolute atomic E-state index is 0.0163. The van der Waals surface area contributed by atoms with E-state index < -0.39 is 36.1 Å². The molecule has 1 atom stereocenters. The van der Waals surface area contributed by atoms with Crippen LogP contribution in [-0.2, 0) is 0 Å². The lowest BCUT2D eigenvalue weighted by Crippen LogP contribution is -2.48. The molecule has 0 amide bonds. The highest BCUT2D eigenvalue weighted by molar-refractivity contribution is 5.99. The van der Waals surface area contributed by atoms with Crippen molar-refractivity contribution in [2.75, 3.05) is 17.2 Å². The number of pyridine rings is 1. The molecule has 2 aromatic carbocycles. The number of anilines is 2. The van der Waals surface area contributed by atoms with Gasteiger partial charge in [-0.05, 0) is 62.9 Å². The van der Waals surface area contributed by atoms with Crippen molar-refractivity contribution in [3.8, 4) is 18.2 Å². The predicted octanol–water partition coefficient (Wildman–Crippen LogP) is 6.28. The van der Waals surface area contributed by atoms with Gasteiger partial charge in [0.05, 0.1) is 51.1 Å². The topological polar surface area (TPSA) is 136 Å². The Hall–Kier alpha value is -5.13. The summed E-state index contributed by atoms with van der Waals surface area (Å²) in [6.45, 7) is 3.26. The van der Waals surface area contributed by atoms with Gasteiger partial charge in [-0.3, -0.25) is 9.99 Å². The summed E-state index contributed by atoms with van der Waals surface area (Å²) in [4.78, 5) is 4.25. The van der Waals surface area contributed by atoms with Crippen molar-refractivity contribution >= 4 is 22.3 Å². The van der Waals surface area contributed by atoms with Crippen molar-refractivity contribution in [1.82, 2.24) is 21.0 Å². The fourth-order valence-corrected chi connectivity index (χ4v) is 5.14. The fraction of sp³-hybridized carbons (Fsp3) is 0.355. The number of nitrogens with one attached hydrogen (secondary N) is 4. The van der Waals surface area contributed by atoms with Gasteiger partial charge < -0.3 is 16.1 Å². The van der Waals surface area contributed by atoms with E-state index in [1.54, 1.807) is 31.2 Å². The number of hydrogen-bond donors (Lipinski definition) is 4. The number of alkyl halides is 5. The molecular formula is C31H28F5N9. The molecule has 0 spiro atoms. The molecule has 9 nitrogen and oxygen atoms in total. The maximum Gasteiger partial charge on any atom is 0.395 e. The molecule has 1 aliphatic carbocycles. The van der Waals surface area contributed by atoms with E-state index in [0.29, 0.717) is 28.1 Å². The first kappa shape index (κ1) is 31.3. The molecule has 3 aromatic rings. The van der Waals surface area contributed by atoms with Crippen molar-refractivity contribution in [2.24, 2.45) is 5.41 Å². The van der Waals surface area contributed by atoms with Crippen LogP contribution in [0.25, 0.3) is 10.9 Å². The number of hydrogen-bond acceptors (Lipinski definition) is 9. The van der Waals surface area contributed by atoms with Gasteiger partial charge in [0.1, 0.15) is 17.7 Å². The second kappa shape index (κ2) is 11.4. The first-order valence-corrected chi connectivity index (χ1v) is 13.9. The largest absolute Gasteiger partial charge is 0.395 e. The Morgan fingerprint density at radius 2 is 1.73 bits per heavy atom. The summed E-state index contributed by atoms with van der Waals surface area (Å²) in [5, 5.41) is 37.1. The minimum Gasteiger partial charge on any atom is -0.382 e. The SMILES string of the molecule is Cc1c(C#N)cccc1[C@H](Nc1cc(C#N)c2ncc(C#N)c(NCC(C)(C)C(F)(F)F)c2c1)C1=CN(C2(C(F)F)CC2)NN1. The van der Waals surface area contributed by atoms with Crippen molar-refractivity contribution < 1.29 is 22.0 Å². The fourth-order valence-electron chi connectivity index (χ4n) is 5.14. The third-order valence-electron chi connectivity index (χ3n) is 8.35. The lowest BCUT2D eigenvalue weighted by atomic mass is 9.92. The van der Waals surface area contributed by atoms with Gasteiger partial charge in [-0.25, -0.2) is 8.78 Å². The third-order valence-corrected chi connectivity index (χ3v) is 8.35. The third kappa shape index (κ3) is 5.63. The van der Waals surface area contributed by atoms with E-state index in [9.17, 15) is 37.7 Å². The number of fused-ring (bicyclic) bond motifs is 1. The molecule has 0 bridgehead atoms. The normalized spacial score (nSPS) is 16.3. The molecule has 1 fully saturated rings. The highest BCUT2D eigenvalue weighted by Gasteiger charge is 2.56. The molecule has 5 rings (SSSR count). The van der Waals surface area contributed by atoms with Gasteiger partial charge in [0.15, 0.2) is 0 Å². The van der Waals surface area contributed by atoms with E-state index in [4.69, 9.17) is 0 Å². The maximum atomic E-state index is 13.9. The molecule has 14 heteroatoms. The molecule has 2 heterocycles. The molecule has 0 saturated heterocycles. The van der Waals surface area contributed by atoms with Gasteiger partial charge in [0.25, 0.3) is 6.43 Å². The van der Waals surface area contributed by atoms with E-state index in [1.165, 1.54) is 23.5 Å². The smallest absolute Gasteiger partial charge is 0.382 e. The van der Waals surface area contributed by atoms with Gasteiger partial charge in [0.2, 0.25) is 0 Å². The molecule has 0 unspecified atom stereocenters. The van der Waals surface area contributed by atoms with Crippen LogP contribution in [0.5, 0.6) is 0 Å². The highest BCUT2D eigenvalue weighted by atomic mass is 19.4. The molecule has 2 aliphatic rings. The number of aromatic nitrogens is 1. The molecule has 1 saturated carbocycles. The van der Waals surface area contributed by atoms with E-state index >= 15 is 0 Å². The van der Waals surface area contributed by atoms with Crippen molar-refractivity contribution in [3.05, 3.63) is 76.2 Å². The molecule has 45 heavy (non-hydrogen) atoms. The van der Waals surface area contributed by atoms with Crippen molar-refractivity contribution in [2.45, 2.75) is 57.8 Å². The summed E-state index contributed by atoms with van der Waals surface area (Å²) in [5.74, 6) is 0. The first-order chi connectivity index (χ1) is 21.3. The second-order valence-corrected chi connectivity index (χ2v) is 11.7. The van der Waals surface area contributed by atoms with Crippen molar-refractivity contribution in [1.29, 1.82) is 15.8 Å². The van der Waals surface area contributed by atoms with Gasteiger partial charge in [-0.1, -0.05) is 12.1 Å². The monoisotopic (exact) mass is 621 g/mol. The summed E-state index contributed by atoms with van der Waals surface area (Å²) >= 11 is 0. The van der Waals surface area contributed by atoms with E-state index in [2.05, 4.69) is 38.7 Å². The summed E-state index contributed by atoms with van der Waals surface area (Å²) < 4.78 is 68.8. The Kier molecular flexibility index (Phi) is 7.94. The summed E-state index contributed by atoms with van der Waals surface area (Å²) in [5.41, 5.74) is 5.00. The van der Waals surface area contributed by atoms with Gasteiger partial charge >= 0.3 is 6.18 Å². The molecular weight excluding hydrogens is 593 g/mol. The quantitative estimate of drug-likeness (QED) is 0.204. The van der Waals surface area contributed by atoms with Crippen LogP contribution in [0.3, 0.4) is 0 Å². The van der Waals surface area contributed by atoms with E-state index in [-0.39, 0.29) is 40.6 Å². The molecule has 232 valence electrons. The summed E-state index contributed by atoms with van der Waals surface area (Å²) in [6, 6.07) is 13.6. The van der Waals surface area contributed by atoms with Gasteiger partial charge in [-0.2, -0.15) is 29.0 Å². The molecule has 0 radical (unpaired) electrons. The Bertz CT molecular complexity index is 1810. The number of halogens is 5. The number of nitriles is 3. The number of rotatable bonds is 9. The van der Waals surface area contributed by atoms with Crippen LogP contribution >= 0.6 is 0 Å². The lowest BCUT2D eigenvalue weighted by molar-refractivity contribution is -0.206. The highest BCUT2D eigenvalue weighted by Crippen LogP contribution is 2.47. The lowest BCUT2D eigenvalue weighted by Gasteiger charge is -2.29. The van der Waals surface area contributed by atoms with Crippen LogP contribution in [0.2, 0.25) is 0 Å². The van der Waals surface area contributed by atoms with E-state index in [0.717, 1.165) is 13.8 Å². The molecule has 1 aromatic heterocycles. The van der Waals surface area contributed by atoms with Crippen LogP contribution in [0, 0.1) is 46.3 Å². The van der Waals surface area contributed by atoms with Crippen LogP contribution in [0.4, 0.5) is 33.3 Å². The van der Waals surface area contributed by atoms with Crippen LogP contribution in [0.1, 0.15) is 60.5 Å². The van der Waals surface area contributed by atoms with Gasteiger partial charge in [-0.15, -0.1) is 5.53 Å². The van der Waals surface area contributed by atoms with Crippen molar-refractivity contribution in [3.63, 3.8) is 0 Å². The van der Waals surface area contributed by atoms with E-state index in [1.807, 2.05) is 6.07 Å². The van der Waals surface area contributed by atoms with Crippen LogP contribution in [0.15, 0.2) is 48.4 Å². The summed E-state index contributed by atoms with van der Waals surface area (Å²) in [7, 11) is 0. The number of hydrazine groups is 2. The second-order valence-electron chi connectivity index (χ2n) is 11.7. The predicted molar refractivity (Wildman–Crippen MR) is 156 cm³/mol. The average molecular weight is 622 g/mol. The first-order valence-electron chi connectivity index (χ1n) is 13.9. The Morgan fingerprint density at radius 3 is 2.33 bits per heavy atom. The zero-order valence-corrected chi connectivity index (χ0v) is 24.4. The minimum atomic E-state index is -4.53.